The van der Waals surface area contributed by atoms with Gasteiger partial charge in [-0.15, -0.1) is 24.0 Å². The fourth-order valence-electron chi connectivity index (χ4n) is 2.57. The molecule has 0 aliphatic heterocycles. The number of rotatable bonds is 11. The van der Waals surface area contributed by atoms with Crippen LogP contribution in [-0.4, -0.2) is 69.1 Å². The minimum atomic E-state index is 0. The van der Waals surface area contributed by atoms with E-state index < -0.39 is 0 Å². The lowest BCUT2D eigenvalue weighted by molar-refractivity contribution is 0.238. The summed E-state index contributed by atoms with van der Waals surface area (Å²) in [5, 5.41) is 6.78. The van der Waals surface area contributed by atoms with E-state index in [1.807, 2.05) is 0 Å². The lowest BCUT2D eigenvalue weighted by Gasteiger charge is -2.25. The topological polar surface area (TPSA) is 42.9 Å². The molecule has 0 saturated heterocycles. The van der Waals surface area contributed by atoms with Gasteiger partial charge in [-0.2, -0.15) is 0 Å². The predicted octanol–water partition coefficient (Wildman–Crippen LogP) is 3.02. The van der Waals surface area contributed by atoms with E-state index in [2.05, 4.69) is 90.7 Å². The number of aliphatic imine (C=N–C) groups is 1. The molecule has 1 rings (SSSR count). The number of halogens is 1. The zero-order valence-electron chi connectivity index (χ0n) is 17.2. The molecule has 26 heavy (non-hydrogen) atoms. The summed E-state index contributed by atoms with van der Waals surface area (Å²) in [5.41, 5.74) is 1.36. The van der Waals surface area contributed by atoms with Gasteiger partial charge in [0.2, 0.25) is 0 Å². The van der Waals surface area contributed by atoms with Crippen LogP contribution in [-0.2, 0) is 6.54 Å². The average molecular weight is 475 g/mol. The van der Waals surface area contributed by atoms with Crippen molar-refractivity contribution < 1.29 is 0 Å². The van der Waals surface area contributed by atoms with Crippen molar-refractivity contribution in [2.45, 2.75) is 39.3 Å². The van der Waals surface area contributed by atoms with E-state index in [9.17, 15) is 0 Å². The smallest absolute Gasteiger partial charge is 0.191 e. The van der Waals surface area contributed by atoms with Crippen LogP contribution in [0.15, 0.2) is 35.3 Å². The Morgan fingerprint density at radius 2 is 1.81 bits per heavy atom. The third kappa shape index (κ3) is 11.7. The molecule has 0 saturated carbocycles. The van der Waals surface area contributed by atoms with Crippen LogP contribution in [0, 0.1) is 0 Å². The molecule has 0 bridgehead atoms. The highest BCUT2D eigenvalue weighted by Gasteiger charge is 2.09. The lowest BCUT2D eigenvalue weighted by atomic mass is 10.1. The second kappa shape index (κ2) is 15.2. The third-order valence-corrected chi connectivity index (χ3v) is 4.26. The van der Waals surface area contributed by atoms with E-state index in [-0.39, 0.29) is 24.0 Å². The van der Waals surface area contributed by atoms with Crippen LogP contribution in [0.4, 0.5) is 0 Å². The Kier molecular flexibility index (Phi) is 14.7. The fraction of sp³-hybridized carbons (Fsp3) is 0.650. The molecule has 0 radical (unpaired) electrons. The van der Waals surface area contributed by atoms with Gasteiger partial charge in [0.25, 0.3) is 0 Å². The molecular weight excluding hydrogens is 437 g/mol. The van der Waals surface area contributed by atoms with Crippen molar-refractivity contribution in [1.82, 2.24) is 20.4 Å². The maximum Gasteiger partial charge on any atom is 0.191 e. The monoisotopic (exact) mass is 475 g/mol. The van der Waals surface area contributed by atoms with E-state index in [0.717, 1.165) is 51.5 Å². The maximum absolute atomic E-state index is 4.65. The van der Waals surface area contributed by atoms with Crippen LogP contribution in [0.25, 0.3) is 0 Å². The van der Waals surface area contributed by atoms with E-state index >= 15 is 0 Å². The summed E-state index contributed by atoms with van der Waals surface area (Å²) in [4.78, 5) is 9.24. The van der Waals surface area contributed by atoms with Gasteiger partial charge in [-0.3, -0.25) is 9.89 Å². The van der Waals surface area contributed by atoms with Crippen LogP contribution in [0.2, 0.25) is 0 Å². The molecule has 0 aliphatic carbocycles. The summed E-state index contributed by atoms with van der Waals surface area (Å²) in [6, 6.07) is 11.2. The molecule has 0 aromatic heterocycles. The molecule has 1 atom stereocenters. The van der Waals surface area contributed by atoms with Crippen molar-refractivity contribution in [1.29, 1.82) is 0 Å². The first-order valence-corrected chi connectivity index (χ1v) is 9.44. The second-order valence-electron chi connectivity index (χ2n) is 6.88. The van der Waals surface area contributed by atoms with Gasteiger partial charge in [-0.1, -0.05) is 30.3 Å². The minimum absolute atomic E-state index is 0. The highest BCUT2D eigenvalue weighted by atomic mass is 127. The van der Waals surface area contributed by atoms with Gasteiger partial charge in [-0.25, -0.2) is 0 Å². The summed E-state index contributed by atoms with van der Waals surface area (Å²) in [5.74, 6) is 0.930. The highest BCUT2D eigenvalue weighted by molar-refractivity contribution is 14.0. The molecule has 1 unspecified atom stereocenters. The standard InChI is InChI=1S/C20H37N5.HI/c1-6-21-20(22-14-10-16-24(3)4)23-15-13-18(2)25(5)17-19-11-8-7-9-12-19;/h7-9,11-12,18H,6,10,13-17H2,1-5H3,(H2,21,22,23);1H. The molecule has 6 heteroatoms. The van der Waals surface area contributed by atoms with E-state index in [1.165, 1.54) is 5.56 Å². The van der Waals surface area contributed by atoms with Crippen molar-refractivity contribution >= 4 is 29.9 Å². The van der Waals surface area contributed by atoms with Crippen LogP contribution in [0.3, 0.4) is 0 Å². The Morgan fingerprint density at radius 1 is 1.12 bits per heavy atom. The van der Waals surface area contributed by atoms with Crippen LogP contribution >= 0.6 is 24.0 Å². The van der Waals surface area contributed by atoms with Crippen molar-refractivity contribution in [3.63, 3.8) is 0 Å². The maximum atomic E-state index is 4.65. The van der Waals surface area contributed by atoms with Crippen molar-refractivity contribution in [2.75, 3.05) is 47.3 Å². The average Bonchev–Trinajstić information content (AvgIpc) is 2.59. The molecule has 2 N–H and O–H groups in total. The molecule has 5 nitrogen and oxygen atoms in total. The zero-order chi connectivity index (χ0) is 18.5. The van der Waals surface area contributed by atoms with E-state index in [1.54, 1.807) is 0 Å². The van der Waals surface area contributed by atoms with Crippen molar-refractivity contribution in [2.24, 2.45) is 4.99 Å². The first-order chi connectivity index (χ1) is 12.0. The van der Waals surface area contributed by atoms with Gasteiger partial charge in [0.1, 0.15) is 0 Å². The molecule has 0 heterocycles. The second-order valence-corrected chi connectivity index (χ2v) is 6.88. The summed E-state index contributed by atoms with van der Waals surface area (Å²) in [7, 11) is 6.39. The molecule has 150 valence electrons. The summed E-state index contributed by atoms with van der Waals surface area (Å²) in [6.07, 6.45) is 2.17. The Morgan fingerprint density at radius 3 is 2.42 bits per heavy atom. The minimum Gasteiger partial charge on any atom is -0.357 e. The van der Waals surface area contributed by atoms with Crippen molar-refractivity contribution in [3.8, 4) is 0 Å². The van der Waals surface area contributed by atoms with Gasteiger partial charge in [0.15, 0.2) is 5.96 Å². The molecule has 1 aromatic carbocycles. The molecule has 1 aromatic rings. The molecule has 0 aliphatic rings. The Hall–Kier alpha value is -0.860. The van der Waals surface area contributed by atoms with Crippen LogP contribution in [0.1, 0.15) is 32.3 Å². The fourth-order valence-corrected chi connectivity index (χ4v) is 2.57. The largest absolute Gasteiger partial charge is 0.357 e. The van der Waals surface area contributed by atoms with E-state index in [4.69, 9.17) is 0 Å². The number of hydrogen-bond acceptors (Lipinski definition) is 3. The Labute approximate surface area is 177 Å². The number of benzene rings is 1. The normalized spacial score (nSPS) is 12.8. The first-order valence-electron chi connectivity index (χ1n) is 9.44. The molecule has 0 fully saturated rings. The lowest BCUT2D eigenvalue weighted by Crippen LogP contribution is -2.40. The number of nitrogens with one attached hydrogen (secondary N) is 2. The van der Waals surface area contributed by atoms with Gasteiger partial charge < -0.3 is 15.5 Å². The number of nitrogens with zero attached hydrogens (tertiary/aromatic N) is 3. The SMILES string of the molecule is CCNC(=NCCCN(C)C)NCCC(C)N(C)Cc1ccccc1.I. The van der Waals surface area contributed by atoms with Crippen LogP contribution < -0.4 is 10.6 Å². The van der Waals surface area contributed by atoms with Gasteiger partial charge in [0.05, 0.1) is 0 Å². The van der Waals surface area contributed by atoms with Crippen molar-refractivity contribution in [3.05, 3.63) is 35.9 Å². The third-order valence-electron chi connectivity index (χ3n) is 4.26. The summed E-state index contributed by atoms with van der Waals surface area (Å²) in [6.45, 7) is 9.13. The summed E-state index contributed by atoms with van der Waals surface area (Å²) < 4.78 is 0. The summed E-state index contributed by atoms with van der Waals surface area (Å²) >= 11 is 0. The van der Waals surface area contributed by atoms with Gasteiger partial charge in [-0.05, 0) is 59.9 Å². The van der Waals surface area contributed by atoms with Gasteiger partial charge in [0, 0.05) is 32.2 Å². The Balaban J connectivity index is 0.00000625. The zero-order valence-corrected chi connectivity index (χ0v) is 19.5. The number of guanidine groups is 1. The quantitative estimate of drug-likeness (QED) is 0.224. The van der Waals surface area contributed by atoms with E-state index in [0.29, 0.717) is 6.04 Å². The molecule has 0 spiro atoms. The molecular formula is C20H38IN5. The Bertz CT molecular complexity index is 478. The number of hydrogen-bond donors (Lipinski definition) is 2. The van der Waals surface area contributed by atoms with Gasteiger partial charge >= 0.3 is 0 Å². The van der Waals surface area contributed by atoms with Crippen LogP contribution in [0.5, 0.6) is 0 Å². The predicted molar refractivity (Wildman–Crippen MR) is 125 cm³/mol. The first kappa shape index (κ1) is 25.1. The highest BCUT2D eigenvalue weighted by Crippen LogP contribution is 2.07. The molecule has 0 amide bonds.